The fourth-order valence-electron chi connectivity index (χ4n) is 1.93. The van der Waals surface area contributed by atoms with E-state index in [1.807, 2.05) is 33.7 Å². The Labute approximate surface area is 144 Å². The number of rotatable bonds is 5. The number of primary amides is 1. The van der Waals surface area contributed by atoms with Crippen LogP contribution in [0, 0.1) is 0 Å². The average Bonchev–Trinajstić information content (AvgIpc) is 3.25. The average molecular weight is 360 g/mol. The minimum absolute atomic E-state index is 0.298. The molecule has 4 nitrogen and oxygen atoms in total. The molecule has 0 aliphatic carbocycles. The molecule has 7 heteroatoms. The molecule has 3 aromatic heterocycles. The largest absolute Gasteiger partial charge is 0.365 e. The van der Waals surface area contributed by atoms with Crippen LogP contribution in [-0.4, -0.2) is 11.8 Å². The highest BCUT2D eigenvalue weighted by Gasteiger charge is 2.16. The summed E-state index contributed by atoms with van der Waals surface area (Å²) in [5.74, 6) is -0.845. The molecule has 0 fully saturated rings. The van der Waals surface area contributed by atoms with Gasteiger partial charge < -0.3 is 11.1 Å². The third-order valence-corrected chi connectivity index (χ3v) is 5.57. The van der Waals surface area contributed by atoms with Gasteiger partial charge in [0.1, 0.15) is 4.88 Å². The molecular formula is C16H12N2O2S3. The van der Waals surface area contributed by atoms with Gasteiger partial charge in [0, 0.05) is 16.5 Å². The summed E-state index contributed by atoms with van der Waals surface area (Å²) < 4.78 is 0. The summed E-state index contributed by atoms with van der Waals surface area (Å²) in [6.07, 6.45) is 3.16. The van der Waals surface area contributed by atoms with Crippen LogP contribution in [0.25, 0.3) is 16.5 Å². The molecule has 23 heavy (non-hydrogen) atoms. The lowest BCUT2D eigenvalue weighted by Crippen LogP contribution is -2.14. The molecule has 0 spiro atoms. The van der Waals surface area contributed by atoms with Crippen LogP contribution < -0.4 is 11.1 Å². The molecule has 0 aliphatic heterocycles. The highest BCUT2D eigenvalue weighted by Crippen LogP contribution is 2.35. The molecule has 0 unspecified atom stereocenters. The molecule has 0 saturated heterocycles. The molecule has 3 aromatic rings. The number of nitrogens with one attached hydrogen (secondary N) is 1. The number of hydrogen-bond donors (Lipinski definition) is 2. The van der Waals surface area contributed by atoms with Crippen molar-refractivity contribution in [1.82, 2.24) is 0 Å². The molecule has 0 atom stereocenters. The molecule has 0 aromatic carbocycles. The van der Waals surface area contributed by atoms with E-state index < -0.39 is 5.91 Å². The summed E-state index contributed by atoms with van der Waals surface area (Å²) in [6, 6.07) is 5.66. The first-order valence-corrected chi connectivity index (χ1v) is 9.31. The first-order chi connectivity index (χ1) is 11.1. The van der Waals surface area contributed by atoms with Crippen LogP contribution in [0.3, 0.4) is 0 Å². The van der Waals surface area contributed by atoms with Crippen molar-refractivity contribution in [2.45, 2.75) is 0 Å². The van der Waals surface area contributed by atoms with Crippen molar-refractivity contribution in [3.63, 3.8) is 0 Å². The maximum Gasteiger partial charge on any atom is 0.260 e. The Balaban J connectivity index is 1.81. The second-order valence-corrected chi connectivity index (χ2v) is 7.22. The van der Waals surface area contributed by atoms with Gasteiger partial charge in [0.05, 0.1) is 5.69 Å². The first-order valence-electron chi connectivity index (χ1n) is 6.61. The molecule has 3 N–H and O–H groups in total. The molecule has 3 rings (SSSR count). The van der Waals surface area contributed by atoms with E-state index in [2.05, 4.69) is 5.32 Å². The van der Waals surface area contributed by atoms with Gasteiger partial charge in [0.2, 0.25) is 5.91 Å². The number of nitrogens with two attached hydrogens (primary N) is 1. The van der Waals surface area contributed by atoms with Gasteiger partial charge >= 0.3 is 0 Å². The highest BCUT2D eigenvalue weighted by atomic mass is 32.1. The zero-order valence-corrected chi connectivity index (χ0v) is 14.3. The fraction of sp³-hybridized carbons (Fsp3) is 0. The second kappa shape index (κ2) is 6.91. The zero-order chi connectivity index (χ0) is 16.2. The summed E-state index contributed by atoms with van der Waals surface area (Å²) in [5.41, 5.74) is 7.84. The van der Waals surface area contributed by atoms with E-state index in [4.69, 9.17) is 5.73 Å². The van der Waals surface area contributed by atoms with E-state index in [1.54, 1.807) is 34.8 Å². The first kappa shape index (κ1) is 15.7. The summed E-state index contributed by atoms with van der Waals surface area (Å²) >= 11 is 4.41. The Morgan fingerprint density at radius 1 is 1.13 bits per heavy atom. The highest BCUT2D eigenvalue weighted by molar-refractivity contribution is 7.18. The Kier molecular flexibility index (Phi) is 4.71. The summed E-state index contributed by atoms with van der Waals surface area (Å²) in [5, 5.41) is 10.6. The lowest BCUT2D eigenvalue weighted by Gasteiger charge is -2.00. The van der Waals surface area contributed by atoms with Crippen LogP contribution in [0.15, 0.2) is 45.8 Å². The molecular weight excluding hydrogens is 348 g/mol. The van der Waals surface area contributed by atoms with Crippen LogP contribution in [0.2, 0.25) is 0 Å². The van der Waals surface area contributed by atoms with Crippen LogP contribution in [0.4, 0.5) is 5.69 Å². The van der Waals surface area contributed by atoms with E-state index in [0.29, 0.717) is 10.6 Å². The number of thiophene rings is 3. The van der Waals surface area contributed by atoms with Crippen molar-refractivity contribution in [3.05, 3.63) is 56.2 Å². The van der Waals surface area contributed by atoms with Gasteiger partial charge in [-0.05, 0) is 51.4 Å². The summed E-state index contributed by atoms with van der Waals surface area (Å²) in [4.78, 5) is 24.9. The predicted octanol–water partition coefficient (Wildman–Crippen LogP) is 4.29. The monoisotopic (exact) mass is 360 g/mol. The minimum Gasteiger partial charge on any atom is -0.365 e. The Morgan fingerprint density at radius 3 is 2.57 bits per heavy atom. The second-order valence-electron chi connectivity index (χ2n) is 4.61. The lowest BCUT2D eigenvalue weighted by molar-refractivity contribution is -0.111. The van der Waals surface area contributed by atoms with Crippen molar-refractivity contribution in [2.75, 3.05) is 5.32 Å². The maximum atomic E-state index is 12.0. The van der Waals surface area contributed by atoms with Gasteiger partial charge in [-0.15, -0.1) is 11.3 Å². The smallest absolute Gasteiger partial charge is 0.260 e. The van der Waals surface area contributed by atoms with Crippen molar-refractivity contribution < 1.29 is 9.59 Å². The van der Waals surface area contributed by atoms with Crippen molar-refractivity contribution in [3.8, 4) is 10.4 Å². The lowest BCUT2D eigenvalue weighted by atomic mass is 10.2. The Hall–Kier alpha value is -2.22. The quantitative estimate of drug-likeness (QED) is 0.666. The van der Waals surface area contributed by atoms with Gasteiger partial charge in [-0.3, -0.25) is 9.59 Å². The molecule has 0 saturated carbocycles. The van der Waals surface area contributed by atoms with Gasteiger partial charge in [-0.2, -0.15) is 22.7 Å². The third-order valence-electron chi connectivity index (χ3n) is 2.99. The zero-order valence-electron chi connectivity index (χ0n) is 11.8. The van der Waals surface area contributed by atoms with E-state index in [1.165, 1.54) is 17.4 Å². The van der Waals surface area contributed by atoms with E-state index in [-0.39, 0.29) is 5.91 Å². The fourth-order valence-corrected chi connectivity index (χ4v) is 4.25. The number of hydrogen-bond acceptors (Lipinski definition) is 5. The van der Waals surface area contributed by atoms with Gasteiger partial charge in [-0.25, -0.2) is 0 Å². The number of carbonyl (C=O) groups is 2. The van der Waals surface area contributed by atoms with Gasteiger partial charge in [-0.1, -0.05) is 0 Å². The number of anilines is 1. The third kappa shape index (κ3) is 3.76. The van der Waals surface area contributed by atoms with Crippen molar-refractivity contribution >= 4 is 57.6 Å². The van der Waals surface area contributed by atoms with Crippen molar-refractivity contribution in [2.24, 2.45) is 5.73 Å². The topological polar surface area (TPSA) is 72.2 Å². The molecule has 0 aliphatic rings. The molecule has 3 heterocycles. The maximum absolute atomic E-state index is 12.0. The molecule has 116 valence electrons. The summed E-state index contributed by atoms with van der Waals surface area (Å²) in [6.45, 7) is 0. The molecule has 0 radical (unpaired) electrons. The van der Waals surface area contributed by atoms with Gasteiger partial charge in [0.25, 0.3) is 5.91 Å². The van der Waals surface area contributed by atoms with Crippen molar-refractivity contribution in [1.29, 1.82) is 0 Å². The number of amides is 2. The van der Waals surface area contributed by atoms with E-state index in [9.17, 15) is 9.59 Å². The number of carbonyl (C=O) groups excluding carboxylic acids is 2. The molecule has 2 amide bonds. The normalized spacial score (nSPS) is 11.0. The van der Waals surface area contributed by atoms with Crippen LogP contribution in [0.1, 0.15) is 15.2 Å². The summed E-state index contributed by atoms with van der Waals surface area (Å²) in [7, 11) is 0. The SMILES string of the molecule is NC(=O)c1sc(-c2ccsc2)cc1NC(=O)C=Cc1ccsc1. The predicted molar refractivity (Wildman–Crippen MR) is 98.1 cm³/mol. The van der Waals surface area contributed by atoms with Crippen LogP contribution >= 0.6 is 34.0 Å². The van der Waals surface area contributed by atoms with E-state index in [0.717, 1.165) is 16.0 Å². The Morgan fingerprint density at radius 2 is 1.91 bits per heavy atom. The standard InChI is InChI=1S/C16H12N2O2S3/c17-16(20)15-12(7-13(23-15)11-4-6-22-9-11)18-14(19)2-1-10-3-5-21-8-10/h1-9H,(H2,17,20)(H,18,19). The van der Waals surface area contributed by atoms with E-state index >= 15 is 0 Å². The Bertz CT molecular complexity index is 846. The van der Waals surface area contributed by atoms with Crippen LogP contribution in [0.5, 0.6) is 0 Å². The molecule has 0 bridgehead atoms. The van der Waals surface area contributed by atoms with Gasteiger partial charge in [0.15, 0.2) is 0 Å². The van der Waals surface area contributed by atoms with Crippen LogP contribution in [-0.2, 0) is 4.79 Å². The minimum atomic E-state index is -0.548.